The summed E-state index contributed by atoms with van der Waals surface area (Å²) in [7, 11) is 1.84. The minimum atomic E-state index is -0.822. The fourth-order valence-electron chi connectivity index (χ4n) is 2.78. The van der Waals surface area contributed by atoms with Gasteiger partial charge in [0.2, 0.25) is 11.8 Å². The van der Waals surface area contributed by atoms with Crippen LogP contribution in [0.1, 0.15) is 39.8 Å². The van der Waals surface area contributed by atoms with Crippen molar-refractivity contribution in [1.29, 1.82) is 0 Å². The number of aromatic nitrogens is 2. The SMILES string of the molecule is CCC1(C)NC(=O)C(C(C)C)N(Cc2ccn(C)n2)C1=O. The van der Waals surface area contributed by atoms with Crippen LogP contribution >= 0.6 is 0 Å². The van der Waals surface area contributed by atoms with Crippen LogP contribution in [0, 0.1) is 5.92 Å². The Hall–Kier alpha value is -1.85. The summed E-state index contributed by atoms with van der Waals surface area (Å²) in [5, 5.41) is 7.21. The molecule has 2 heterocycles. The van der Waals surface area contributed by atoms with E-state index in [1.54, 1.807) is 16.5 Å². The molecule has 1 fully saturated rings. The van der Waals surface area contributed by atoms with Crippen molar-refractivity contribution in [3.05, 3.63) is 18.0 Å². The number of rotatable bonds is 4. The summed E-state index contributed by atoms with van der Waals surface area (Å²) in [6.45, 7) is 7.97. The van der Waals surface area contributed by atoms with Crippen molar-refractivity contribution in [2.45, 2.75) is 52.2 Å². The lowest BCUT2D eigenvalue weighted by Gasteiger charge is -2.45. The van der Waals surface area contributed by atoms with Gasteiger partial charge >= 0.3 is 0 Å². The van der Waals surface area contributed by atoms with E-state index in [1.807, 2.05) is 40.1 Å². The minimum absolute atomic E-state index is 0.0334. The minimum Gasteiger partial charge on any atom is -0.340 e. The van der Waals surface area contributed by atoms with E-state index in [1.165, 1.54) is 0 Å². The van der Waals surface area contributed by atoms with Crippen LogP contribution in [0.4, 0.5) is 0 Å². The maximum atomic E-state index is 12.8. The third-order valence-electron chi connectivity index (χ3n) is 4.18. The second-order valence-corrected chi connectivity index (χ2v) is 6.28. The Bertz CT molecular complexity index is 552. The number of aryl methyl sites for hydroxylation is 1. The van der Waals surface area contributed by atoms with Gasteiger partial charge in [-0.2, -0.15) is 5.10 Å². The molecular formula is C15H24N4O2. The molecule has 116 valence electrons. The third kappa shape index (κ3) is 2.80. The van der Waals surface area contributed by atoms with Crippen LogP contribution in [0.2, 0.25) is 0 Å². The molecule has 0 aliphatic carbocycles. The van der Waals surface area contributed by atoms with Crippen LogP contribution in [0.15, 0.2) is 12.3 Å². The first kappa shape index (κ1) is 15.5. The van der Waals surface area contributed by atoms with Crippen LogP contribution in [0.25, 0.3) is 0 Å². The first-order valence-electron chi connectivity index (χ1n) is 7.40. The van der Waals surface area contributed by atoms with Crippen molar-refractivity contribution in [2.24, 2.45) is 13.0 Å². The van der Waals surface area contributed by atoms with Crippen molar-refractivity contribution in [2.75, 3.05) is 0 Å². The zero-order valence-corrected chi connectivity index (χ0v) is 13.4. The predicted octanol–water partition coefficient (Wildman–Crippen LogP) is 1.07. The molecule has 1 aliphatic rings. The van der Waals surface area contributed by atoms with Crippen LogP contribution < -0.4 is 5.32 Å². The average Bonchev–Trinajstić information content (AvgIpc) is 2.80. The molecule has 1 aromatic heterocycles. The maximum absolute atomic E-state index is 12.8. The van der Waals surface area contributed by atoms with Gasteiger partial charge in [0.1, 0.15) is 11.6 Å². The highest BCUT2D eigenvalue weighted by Gasteiger charge is 2.47. The van der Waals surface area contributed by atoms with Gasteiger partial charge in [-0.05, 0) is 25.3 Å². The van der Waals surface area contributed by atoms with Crippen LogP contribution in [-0.4, -0.2) is 38.1 Å². The Morgan fingerprint density at radius 3 is 2.57 bits per heavy atom. The van der Waals surface area contributed by atoms with Gasteiger partial charge in [0.05, 0.1) is 12.2 Å². The summed E-state index contributed by atoms with van der Waals surface area (Å²) in [6, 6.07) is 1.43. The Labute approximate surface area is 125 Å². The highest BCUT2D eigenvalue weighted by atomic mass is 16.2. The number of hydrogen-bond acceptors (Lipinski definition) is 3. The van der Waals surface area contributed by atoms with Crippen LogP contribution in [0.3, 0.4) is 0 Å². The highest BCUT2D eigenvalue weighted by Crippen LogP contribution is 2.26. The highest BCUT2D eigenvalue weighted by molar-refractivity contribution is 5.99. The number of amides is 2. The Balaban J connectivity index is 2.34. The monoisotopic (exact) mass is 292 g/mol. The van der Waals surface area contributed by atoms with Crippen LogP contribution in [-0.2, 0) is 23.2 Å². The van der Waals surface area contributed by atoms with Gasteiger partial charge in [-0.25, -0.2) is 0 Å². The van der Waals surface area contributed by atoms with Gasteiger partial charge in [-0.3, -0.25) is 14.3 Å². The number of carbonyl (C=O) groups is 2. The molecule has 1 aromatic rings. The number of piperazine rings is 1. The molecule has 2 unspecified atom stereocenters. The summed E-state index contributed by atoms with van der Waals surface area (Å²) in [4.78, 5) is 26.9. The summed E-state index contributed by atoms with van der Waals surface area (Å²) >= 11 is 0. The Kier molecular flexibility index (Phi) is 4.07. The van der Waals surface area contributed by atoms with Crippen molar-refractivity contribution in [1.82, 2.24) is 20.0 Å². The molecule has 6 heteroatoms. The largest absolute Gasteiger partial charge is 0.340 e. The van der Waals surface area contributed by atoms with Gasteiger partial charge in [-0.15, -0.1) is 0 Å². The molecule has 0 aromatic carbocycles. The lowest BCUT2D eigenvalue weighted by Crippen LogP contribution is -2.69. The number of hydrogen-bond donors (Lipinski definition) is 1. The van der Waals surface area contributed by atoms with Gasteiger partial charge in [0.25, 0.3) is 0 Å². The molecule has 6 nitrogen and oxygen atoms in total. The van der Waals surface area contributed by atoms with E-state index in [4.69, 9.17) is 0 Å². The second-order valence-electron chi connectivity index (χ2n) is 6.28. The van der Waals surface area contributed by atoms with Crippen molar-refractivity contribution in [3.8, 4) is 0 Å². The lowest BCUT2D eigenvalue weighted by atomic mass is 9.88. The summed E-state index contributed by atoms with van der Waals surface area (Å²) in [5.41, 5.74) is -0.0262. The molecule has 2 atom stereocenters. The van der Waals surface area contributed by atoms with Gasteiger partial charge < -0.3 is 10.2 Å². The van der Waals surface area contributed by atoms with Gasteiger partial charge in [-0.1, -0.05) is 20.8 Å². The second kappa shape index (κ2) is 5.50. The number of carbonyl (C=O) groups excluding carboxylic acids is 2. The molecule has 21 heavy (non-hydrogen) atoms. The van der Waals surface area contributed by atoms with E-state index >= 15 is 0 Å². The first-order valence-corrected chi connectivity index (χ1v) is 7.40. The Morgan fingerprint density at radius 2 is 2.10 bits per heavy atom. The van der Waals surface area contributed by atoms with Crippen LogP contribution in [0.5, 0.6) is 0 Å². The van der Waals surface area contributed by atoms with E-state index in [0.29, 0.717) is 13.0 Å². The summed E-state index contributed by atoms with van der Waals surface area (Å²) < 4.78 is 1.70. The molecule has 0 radical (unpaired) electrons. The fourth-order valence-corrected chi connectivity index (χ4v) is 2.78. The first-order chi connectivity index (χ1) is 9.78. The predicted molar refractivity (Wildman–Crippen MR) is 79.2 cm³/mol. The molecular weight excluding hydrogens is 268 g/mol. The van der Waals surface area contributed by atoms with E-state index in [2.05, 4.69) is 10.4 Å². The fraction of sp³-hybridized carbons (Fsp3) is 0.667. The van der Waals surface area contributed by atoms with Gasteiger partial charge in [0, 0.05) is 13.2 Å². The topological polar surface area (TPSA) is 67.2 Å². The molecule has 0 bridgehead atoms. The Morgan fingerprint density at radius 1 is 1.43 bits per heavy atom. The molecule has 1 N–H and O–H groups in total. The molecule has 0 spiro atoms. The van der Waals surface area contributed by atoms with E-state index < -0.39 is 11.6 Å². The third-order valence-corrected chi connectivity index (χ3v) is 4.18. The quantitative estimate of drug-likeness (QED) is 0.902. The summed E-state index contributed by atoms with van der Waals surface area (Å²) in [6.07, 6.45) is 2.41. The van der Waals surface area contributed by atoms with E-state index in [-0.39, 0.29) is 17.7 Å². The molecule has 1 aliphatic heterocycles. The van der Waals surface area contributed by atoms with Gasteiger partial charge in [0.15, 0.2) is 0 Å². The zero-order chi connectivity index (χ0) is 15.8. The maximum Gasteiger partial charge on any atom is 0.249 e. The molecule has 2 rings (SSSR count). The normalized spacial score (nSPS) is 26.4. The molecule has 2 amide bonds. The van der Waals surface area contributed by atoms with Crippen molar-refractivity contribution in [3.63, 3.8) is 0 Å². The standard InChI is InChI=1S/C15H24N4O2/c1-6-15(4)14(21)19(9-11-7-8-18(5)17-11)12(10(2)3)13(20)16-15/h7-8,10,12H,6,9H2,1-5H3,(H,16,20). The number of nitrogens with one attached hydrogen (secondary N) is 1. The molecule has 1 saturated heterocycles. The summed E-state index contributed by atoms with van der Waals surface area (Å²) in [5.74, 6) is -0.0575. The molecule has 0 saturated carbocycles. The van der Waals surface area contributed by atoms with E-state index in [0.717, 1.165) is 5.69 Å². The lowest BCUT2D eigenvalue weighted by molar-refractivity contribution is -0.157. The average molecular weight is 292 g/mol. The number of nitrogens with zero attached hydrogens (tertiary/aromatic N) is 3. The van der Waals surface area contributed by atoms with Crippen molar-refractivity contribution >= 4 is 11.8 Å². The van der Waals surface area contributed by atoms with E-state index in [9.17, 15) is 9.59 Å². The zero-order valence-electron chi connectivity index (χ0n) is 13.4. The van der Waals surface area contributed by atoms with Crippen molar-refractivity contribution < 1.29 is 9.59 Å². The smallest absolute Gasteiger partial charge is 0.249 e.